The number of likely N-dealkylation sites (N-methyl/N-ethyl adjacent to an activating group) is 1. The van der Waals surface area contributed by atoms with Crippen molar-refractivity contribution >= 4 is 11.8 Å². The lowest BCUT2D eigenvalue weighted by Crippen LogP contribution is -2.57. The zero-order chi connectivity index (χ0) is 19.1. The quantitative estimate of drug-likeness (QED) is 0.746. The third-order valence-corrected chi connectivity index (χ3v) is 5.02. The molecule has 27 heavy (non-hydrogen) atoms. The van der Waals surface area contributed by atoms with Crippen molar-refractivity contribution in [1.29, 1.82) is 0 Å². The van der Waals surface area contributed by atoms with Gasteiger partial charge in [0.05, 0.1) is 18.8 Å². The minimum atomic E-state index is -0.398. The summed E-state index contributed by atoms with van der Waals surface area (Å²) in [7, 11) is 1.79. The molecule has 0 aliphatic carbocycles. The number of amides is 2. The summed E-state index contributed by atoms with van der Waals surface area (Å²) in [4.78, 5) is 32.8. The zero-order valence-corrected chi connectivity index (χ0v) is 15.8. The second kappa shape index (κ2) is 9.32. The summed E-state index contributed by atoms with van der Waals surface area (Å²) < 4.78 is 1.93. The second-order valence-corrected chi connectivity index (χ2v) is 6.90. The molecule has 2 aromatic rings. The van der Waals surface area contributed by atoms with E-state index in [0.29, 0.717) is 19.6 Å². The van der Waals surface area contributed by atoms with Crippen molar-refractivity contribution in [2.24, 2.45) is 0 Å². The van der Waals surface area contributed by atoms with Gasteiger partial charge in [-0.2, -0.15) is 0 Å². The molecule has 0 spiro atoms. The number of aromatic nitrogens is 2. The van der Waals surface area contributed by atoms with Crippen LogP contribution in [0.2, 0.25) is 0 Å². The predicted molar refractivity (Wildman–Crippen MR) is 103 cm³/mol. The highest BCUT2D eigenvalue weighted by molar-refractivity contribution is 5.88. The molecule has 0 saturated carbocycles. The lowest BCUT2D eigenvalue weighted by Gasteiger charge is -2.35. The van der Waals surface area contributed by atoms with Crippen molar-refractivity contribution in [3.05, 3.63) is 54.6 Å². The molecule has 0 unspecified atom stereocenters. The standard InChI is InChI=1S/C20H27N5O2/c1-23(13-14-24-11-8-21-16-24)19(26)15-18-20(27)22-9-12-25(18)10-7-17-5-3-2-4-6-17/h2-6,8,11,16,18H,7,9-10,12-15H2,1H3,(H,22,27)/t18-/m0/s1. The van der Waals surface area contributed by atoms with Gasteiger partial charge in [0.25, 0.3) is 0 Å². The number of carbonyl (C=O) groups is 2. The SMILES string of the molecule is CN(CCn1ccnc1)C(=O)C[C@H]1C(=O)NCCN1CCc1ccccc1. The Labute approximate surface area is 160 Å². The van der Waals surface area contributed by atoms with Gasteiger partial charge in [0.1, 0.15) is 0 Å². The molecule has 1 aromatic heterocycles. The van der Waals surface area contributed by atoms with Crippen molar-refractivity contribution in [3.63, 3.8) is 0 Å². The Morgan fingerprint density at radius 2 is 2.11 bits per heavy atom. The van der Waals surface area contributed by atoms with E-state index in [9.17, 15) is 9.59 Å². The topological polar surface area (TPSA) is 70.5 Å². The molecule has 0 bridgehead atoms. The van der Waals surface area contributed by atoms with Gasteiger partial charge in [-0.05, 0) is 12.0 Å². The van der Waals surface area contributed by atoms with Crippen LogP contribution in [0.1, 0.15) is 12.0 Å². The molecule has 7 heteroatoms. The normalized spacial score (nSPS) is 17.5. The van der Waals surface area contributed by atoms with E-state index in [1.165, 1.54) is 5.56 Å². The maximum atomic E-state index is 12.6. The van der Waals surface area contributed by atoms with Crippen LogP contribution in [-0.4, -0.2) is 70.4 Å². The van der Waals surface area contributed by atoms with Gasteiger partial charge >= 0.3 is 0 Å². The van der Waals surface area contributed by atoms with Gasteiger partial charge in [-0.15, -0.1) is 0 Å². The number of benzene rings is 1. The van der Waals surface area contributed by atoms with Gasteiger partial charge in [-0.1, -0.05) is 30.3 Å². The first-order valence-electron chi connectivity index (χ1n) is 9.39. The molecule has 2 amide bonds. The molecule has 2 heterocycles. The fourth-order valence-corrected chi connectivity index (χ4v) is 3.30. The monoisotopic (exact) mass is 369 g/mol. The summed E-state index contributed by atoms with van der Waals surface area (Å²) in [5.41, 5.74) is 1.24. The number of hydrogen-bond donors (Lipinski definition) is 1. The Morgan fingerprint density at radius 3 is 2.85 bits per heavy atom. The number of carbonyl (C=O) groups excluding carboxylic acids is 2. The minimum Gasteiger partial charge on any atom is -0.353 e. The van der Waals surface area contributed by atoms with Crippen LogP contribution in [-0.2, 0) is 22.6 Å². The second-order valence-electron chi connectivity index (χ2n) is 6.90. The minimum absolute atomic E-state index is 0.0122. The number of imidazole rings is 1. The maximum absolute atomic E-state index is 12.6. The Bertz CT molecular complexity index is 732. The van der Waals surface area contributed by atoms with Gasteiger partial charge in [-0.3, -0.25) is 14.5 Å². The Hall–Kier alpha value is -2.67. The highest BCUT2D eigenvalue weighted by Crippen LogP contribution is 2.12. The van der Waals surface area contributed by atoms with Crippen LogP contribution in [0.4, 0.5) is 0 Å². The van der Waals surface area contributed by atoms with Crippen LogP contribution in [0.5, 0.6) is 0 Å². The molecule has 3 rings (SSSR count). The molecular weight excluding hydrogens is 342 g/mol. The van der Waals surface area contributed by atoms with E-state index in [0.717, 1.165) is 19.5 Å². The summed E-state index contributed by atoms with van der Waals surface area (Å²) in [6.07, 6.45) is 6.41. The van der Waals surface area contributed by atoms with Crippen LogP contribution < -0.4 is 5.32 Å². The van der Waals surface area contributed by atoms with Crippen LogP contribution in [0.3, 0.4) is 0 Å². The maximum Gasteiger partial charge on any atom is 0.237 e. The van der Waals surface area contributed by atoms with Gasteiger partial charge in [0, 0.05) is 52.2 Å². The molecule has 1 atom stereocenters. The fourth-order valence-electron chi connectivity index (χ4n) is 3.30. The molecule has 7 nitrogen and oxygen atoms in total. The van der Waals surface area contributed by atoms with Gasteiger partial charge in [0.2, 0.25) is 11.8 Å². The molecule has 1 saturated heterocycles. The van der Waals surface area contributed by atoms with Crippen molar-refractivity contribution < 1.29 is 9.59 Å². The lowest BCUT2D eigenvalue weighted by molar-refractivity contribution is -0.138. The van der Waals surface area contributed by atoms with Crippen molar-refractivity contribution in [3.8, 4) is 0 Å². The van der Waals surface area contributed by atoms with Gasteiger partial charge in [0.15, 0.2) is 0 Å². The van der Waals surface area contributed by atoms with Crippen molar-refractivity contribution in [2.75, 3.05) is 33.2 Å². The molecule has 1 aliphatic heterocycles. The lowest BCUT2D eigenvalue weighted by atomic mass is 10.1. The van der Waals surface area contributed by atoms with E-state index in [1.54, 1.807) is 24.5 Å². The first-order valence-corrected chi connectivity index (χ1v) is 9.39. The van der Waals surface area contributed by atoms with Crippen LogP contribution in [0, 0.1) is 0 Å². The average Bonchev–Trinajstić information content (AvgIpc) is 3.21. The third kappa shape index (κ3) is 5.40. The number of nitrogens with zero attached hydrogens (tertiary/aromatic N) is 4. The van der Waals surface area contributed by atoms with E-state index in [1.807, 2.05) is 29.0 Å². The van der Waals surface area contributed by atoms with E-state index in [-0.39, 0.29) is 18.2 Å². The van der Waals surface area contributed by atoms with Crippen LogP contribution >= 0.6 is 0 Å². The number of nitrogens with one attached hydrogen (secondary N) is 1. The zero-order valence-electron chi connectivity index (χ0n) is 15.8. The summed E-state index contributed by atoms with van der Waals surface area (Å²) in [5.74, 6) is -0.0625. The van der Waals surface area contributed by atoms with E-state index in [2.05, 4.69) is 27.3 Å². The highest BCUT2D eigenvalue weighted by Gasteiger charge is 2.32. The van der Waals surface area contributed by atoms with Crippen molar-refractivity contribution in [1.82, 2.24) is 24.7 Å². The Balaban J connectivity index is 1.54. The molecule has 1 N–H and O–H groups in total. The molecular formula is C20H27N5O2. The molecule has 0 radical (unpaired) electrons. The average molecular weight is 369 g/mol. The summed E-state index contributed by atoms with van der Waals surface area (Å²) >= 11 is 0. The number of rotatable bonds is 8. The Kier molecular flexibility index (Phi) is 6.59. The van der Waals surface area contributed by atoms with Crippen molar-refractivity contribution in [2.45, 2.75) is 25.4 Å². The van der Waals surface area contributed by atoms with Crippen LogP contribution in [0.15, 0.2) is 49.1 Å². The van der Waals surface area contributed by atoms with E-state index < -0.39 is 6.04 Å². The smallest absolute Gasteiger partial charge is 0.237 e. The highest BCUT2D eigenvalue weighted by atomic mass is 16.2. The van der Waals surface area contributed by atoms with E-state index in [4.69, 9.17) is 0 Å². The van der Waals surface area contributed by atoms with Gasteiger partial charge in [-0.25, -0.2) is 4.98 Å². The first kappa shape index (κ1) is 19.1. The molecule has 1 aliphatic rings. The van der Waals surface area contributed by atoms with E-state index >= 15 is 0 Å². The Morgan fingerprint density at radius 1 is 1.30 bits per heavy atom. The molecule has 144 valence electrons. The first-order chi connectivity index (χ1) is 13.1. The predicted octanol–water partition coefficient (Wildman–Crippen LogP) is 0.775. The molecule has 1 fully saturated rings. The number of piperazine rings is 1. The number of hydrogen-bond acceptors (Lipinski definition) is 4. The van der Waals surface area contributed by atoms with Crippen LogP contribution in [0.25, 0.3) is 0 Å². The largest absolute Gasteiger partial charge is 0.353 e. The van der Waals surface area contributed by atoms with Gasteiger partial charge < -0.3 is 14.8 Å². The summed E-state index contributed by atoms with van der Waals surface area (Å²) in [6.45, 7) is 3.46. The summed E-state index contributed by atoms with van der Waals surface area (Å²) in [5, 5.41) is 2.90. The third-order valence-electron chi connectivity index (χ3n) is 5.02. The fraction of sp³-hybridized carbons (Fsp3) is 0.450. The summed E-state index contributed by atoms with van der Waals surface area (Å²) in [6, 6.07) is 9.83. The molecule has 1 aromatic carbocycles.